The summed E-state index contributed by atoms with van der Waals surface area (Å²) in [6, 6.07) is 7.79. The fourth-order valence-corrected chi connectivity index (χ4v) is 2.83. The summed E-state index contributed by atoms with van der Waals surface area (Å²) in [4.78, 5) is 11.3. The molecule has 1 aromatic rings. The molecule has 17 heavy (non-hydrogen) atoms. The zero-order valence-electron chi connectivity index (χ0n) is 9.95. The van der Waals surface area contributed by atoms with E-state index in [2.05, 4.69) is 0 Å². The highest BCUT2D eigenvalue weighted by Crippen LogP contribution is 2.43. The Labute approximate surface area is 107 Å². The Balaban J connectivity index is 2.17. The van der Waals surface area contributed by atoms with Crippen LogP contribution in [0, 0.1) is 5.41 Å². The lowest BCUT2D eigenvalue weighted by atomic mass is 9.69. The maximum Gasteiger partial charge on any atom is 0.309 e. The molecule has 0 bridgehead atoms. The standard InChI is InChI=1S/C14H17ClO2/c1-14(13(16)17)8-2-3-11(9-14)10-4-6-12(15)7-5-10/h4-7,11H,2-3,8-9H2,1H3,(H,16,17)/t11-,14-/m1/s1. The molecule has 0 aliphatic heterocycles. The van der Waals surface area contributed by atoms with Gasteiger partial charge in [-0.05, 0) is 49.8 Å². The van der Waals surface area contributed by atoms with Gasteiger partial charge in [-0.1, -0.05) is 30.2 Å². The second kappa shape index (κ2) is 4.69. The number of carboxylic acids is 1. The van der Waals surface area contributed by atoms with E-state index in [1.54, 1.807) is 0 Å². The first kappa shape index (κ1) is 12.4. The van der Waals surface area contributed by atoms with E-state index in [9.17, 15) is 9.90 Å². The SMILES string of the molecule is C[C@@]1(C(=O)O)CCC[C@@H](c2ccc(Cl)cc2)C1. The molecule has 0 saturated heterocycles. The van der Waals surface area contributed by atoms with Crippen molar-refractivity contribution in [1.82, 2.24) is 0 Å². The van der Waals surface area contributed by atoms with Crippen LogP contribution < -0.4 is 0 Å². The van der Waals surface area contributed by atoms with E-state index in [1.807, 2.05) is 31.2 Å². The minimum Gasteiger partial charge on any atom is -0.481 e. The van der Waals surface area contributed by atoms with Gasteiger partial charge in [-0.15, -0.1) is 0 Å². The number of hydrogen-bond acceptors (Lipinski definition) is 1. The van der Waals surface area contributed by atoms with Gasteiger partial charge in [0.15, 0.2) is 0 Å². The second-order valence-electron chi connectivity index (χ2n) is 5.21. The number of halogens is 1. The average Bonchev–Trinajstić information content (AvgIpc) is 2.30. The highest BCUT2D eigenvalue weighted by Gasteiger charge is 2.38. The van der Waals surface area contributed by atoms with Crippen LogP contribution in [0.4, 0.5) is 0 Å². The van der Waals surface area contributed by atoms with Crippen molar-refractivity contribution < 1.29 is 9.90 Å². The smallest absolute Gasteiger partial charge is 0.309 e. The van der Waals surface area contributed by atoms with Crippen LogP contribution in [0.1, 0.15) is 44.1 Å². The molecule has 0 radical (unpaired) electrons. The quantitative estimate of drug-likeness (QED) is 0.861. The van der Waals surface area contributed by atoms with Crippen LogP contribution in [0.25, 0.3) is 0 Å². The molecule has 2 nitrogen and oxygen atoms in total. The maximum absolute atomic E-state index is 11.3. The predicted octanol–water partition coefficient (Wildman–Crippen LogP) is 4.09. The van der Waals surface area contributed by atoms with Crippen LogP contribution in [0.15, 0.2) is 24.3 Å². The predicted molar refractivity (Wildman–Crippen MR) is 68.4 cm³/mol. The maximum atomic E-state index is 11.3. The molecule has 3 heteroatoms. The van der Waals surface area contributed by atoms with Crippen molar-refractivity contribution in [3.05, 3.63) is 34.9 Å². The molecule has 0 unspecified atom stereocenters. The molecular weight excluding hydrogens is 236 g/mol. The van der Waals surface area contributed by atoms with Crippen LogP contribution in [-0.4, -0.2) is 11.1 Å². The Hall–Kier alpha value is -1.02. The molecule has 0 spiro atoms. The van der Waals surface area contributed by atoms with Crippen molar-refractivity contribution in [2.45, 2.75) is 38.5 Å². The molecule has 1 N–H and O–H groups in total. The van der Waals surface area contributed by atoms with Crippen molar-refractivity contribution in [3.63, 3.8) is 0 Å². The van der Waals surface area contributed by atoms with Gasteiger partial charge in [0.2, 0.25) is 0 Å². The lowest BCUT2D eigenvalue weighted by Gasteiger charge is -2.35. The van der Waals surface area contributed by atoms with Crippen molar-refractivity contribution in [3.8, 4) is 0 Å². The lowest BCUT2D eigenvalue weighted by Crippen LogP contribution is -2.32. The summed E-state index contributed by atoms with van der Waals surface area (Å²) in [5.41, 5.74) is 0.643. The van der Waals surface area contributed by atoms with Gasteiger partial charge in [0, 0.05) is 5.02 Å². The topological polar surface area (TPSA) is 37.3 Å². The van der Waals surface area contributed by atoms with Crippen LogP contribution in [0.5, 0.6) is 0 Å². The molecular formula is C14H17ClO2. The Bertz CT molecular complexity index is 413. The first-order valence-corrected chi connectivity index (χ1v) is 6.38. The lowest BCUT2D eigenvalue weighted by molar-refractivity contribution is -0.150. The minimum absolute atomic E-state index is 0.349. The molecule has 2 rings (SSSR count). The normalized spacial score (nSPS) is 28.9. The van der Waals surface area contributed by atoms with Gasteiger partial charge in [-0.25, -0.2) is 0 Å². The van der Waals surface area contributed by atoms with Crippen LogP contribution >= 0.6 is 11.6 Å². The Morgan fingerprint density at radius 2 is 2.06 bits per heavy atom. The molecule has 2 atom stereocenters. The molecule has 0 aromatic heterocycles. The van der Waals surface area contributed by atoms with Gasteiger partial charge in [-0.3, -0.25) is 4.79 Å². The highest BCUT2D eigenvalue weighted by atomic mass is 35.5. The number of carbonyl (C=O) groups is 1. The highest BCUT2D eigenvalue weighted by molar-refractivity contribution is 6.30. The van der Waals surface area contributed by atoms with Gasteiger partial charge >= 0.3 is 5.97 Å². The number of hydrogen-bond donors (Lipinski definition) is 1. The number of carboxylic acid groups (broad SMARTS) is 1. The van der Waals surface area contributed by atoms with E-state index in [1.165, 1.54) is 5.56 Å². The third-order valence-corrected chi connectivity index (χ3v) is 4.09. The third kappa shape index (κ3) is 2.63. The van der Waals surface area contributed by atoms with E-state index in [0.29, 0.717) is 5.92 Å². The van der Waals surface area contributed by atoms with Gasteiger partial charge in [0.25, 0.3) is 0 Å². The largest absolute Gasteiger partial charge is 0.481 e. The number of aliphatic carboxylic acids is 1. The molecule has 1 aliphatic rings. The number of benzene rings is 1. The summed E-state index contributed by atoms with van der Waals surface area (Å²) in [5, 5.41) is 10.0. The van der Waals surface area contributed by atoms with Gasteiger partial charge in [-0.2, -0.15) is 0 Å². The summed E-state index contributed by atoms with van der Waals surface area (Å²) in [7, 11) is 0. The van der Waals surface area contributed by atoms with E-state index in [4.69, 9.17) is 11.6 Å². The summed E-state index contributed by atoms with van der Waals surface area (Å²) < 4.78 is 0. The first-order valence-electron chi connectivity index (χ1n) is 6.00. The summed E-state index contributed by atoms with van der Waals surface area (Å²) >= 11 is 5.86. The van der Waals surface area contributed by atoms with Crippen LogP contribution in [0.3, 0.4) is 0 Å². The molecule has 0 heterocycles. The van der Waals surface area contributed by atoms with E-state index < -0.39 is 11.4 Å². The van der Waals surface area contributed by atoms with Crippen molar-refractivity contribution in [1.29, 1.82) is 0 Å². The van der Waals surface area contributed by atoms with Crippen molar-refractivity contribution in [2.24, 2.45) is 5.41 Å². The minimum atomic E-state index is -0.670. The summed E-state index contributed by atoms with van der Waals surface area (Å²) in [6.07, 6.45) is 3.57. The first-order chi connectivity index (χ1) is 8.01. The van der Waals surface area contributed by atoms with Gasteiger partial charge in [0.1, 0.15) is 0 Å². The molecule has 92 valence electrons. The van der Waals surface area contributed by atoms with Gasteiger partial charge in [0.05, 0.1) is 5.41 Å². The van der Waals surface area contributed by atoms with E-state index in [0.717, 1.165) is 30.7 Å². The fraction of sp³-hybridized carbons (Fsp3) is 0.500. The number of rotatable bonds is 2. The Kier molecular flexibility index (Phi) is 3.43. The van der Waals surface area contributed by atoms with E-state index >= 15 is 0 Å². The van der Waals surface area contributed by atoms with Crippen LogP contribution in [-0.2, 0) is 4.79 Å². The molecule has 1 fully saturated rings. The van der Waals surface area contributed by atoms with Gasteiger partial charge < -0.3 is 5.11 Å². The Morgan fingerprint density at radius 1 is 1.41 bits per heavy atom. The zero-order valence-corrected chi connectivity index (χ0v) is 10.7. The zero-order chi connectivity index (χ0) is 12.5. The summed E-state index contributed by atoms with van der Waals surface area (Å²) in [6.45, 7) is 1.86. The molecule has 1 saturated carbocycles. The van der Waals surface area contributed by atoms with Crippen LogP contribution in [0.2, 0.25) is 5.02 Å². The average molecular weight is 253 g/mol. The van der Waals surface area contributed by atoms with E-state index in [-0.39, 0.29) is 0 Å². The molecule has 1 aliphatic carbocycles. The monoisotopic (exact) mass is 252 g/mol. The third-order valence-electron chi connectivity index (χ3n) is 3.84. The van der Waals surface area contributed by atoms with Crippen molar-refractivity contribution >= 4 is 17.6 Å². The summed E-state index contributed by atoms with van der Waals surface area (Å²) in [5.74, 6) is -0.321. The second-order valence-corrected chi connectivity index (χ2v) is 5.65. The molecule has 0 amide bonds. The Morgan fingerprint density at radius 3 is 2.65 bits per heavy atom. The molecule has 1 aromatic carbocycles. The van der Waals surface area contributed by atoms with Crippen molar-refractivity contribution in [2.75, 3.05) is 0 Å². The fourth-order valence-electron chi connectivity index (χ4n) is 2.70.